The van der Waals surface area contributed by atoms with Crippen LogP contribution in [0.15, 0.2) is 42.6 Å². The predicted octanol–water partition coefficient (Wildman–Crippen LogP) is 6.01. The van der Waals surface area contributed by atoms with E-state index < -0.39 is 11.7 Å². The van der Waals surface area contributed by atoms with Crippen LogP contribution >= 0.6 is 0 Å². The molecule has 3 amide bonds. The zero-order valence-corrected chi connectivity index (χ0v) is 25.0. The summed E-state index contributed by atoms with van der Waals surface area (Å²) in [5, 5.41) is 0. The lowest BCUT2D eigenvalue weighted by Gasteiger charge is -2.39. The van der Waals surface area contributed by atoms with Gasteiger partial charge in [-0.25, -0.2) is 4.79 Å². The third-order valence-electron chi connectivity index (χ3n) is 9.70. The largest absolute Gasteiger partial charge is 0.416 e. The molecule has 42 heavy (non-hydrogen) atoms. The maximum absolute atomic E-state index is 13.4. The summed E-state index contributed by atoms with van der Waals surface area (Å²) in [5.41, 5.74) is 1.20. The van der Waals surface area contributed by atoms with Crippen molar-refractivity contribution < 1.29 is 22.8 Å². The fourth-order valence-corrected chi connectivity index (χ4v) is 6.67. The summed E-state index contributed by atoms with van der Waals surface area (Å²) in [6, 6.07) is 8.89. The van der Waals surface area contributed by atoms with Crippen LogP contribution in [0.25, 0.3) is 11.1 Å². The summed E-state index contributed by atoms with van der Waals surface area (Å²) in [5.74, 6) is -0.247. The normalized spacial score (nSPS) is 23.3. The summed E-state index contributed by atoms with van der Waals surface area (Å²) >= 11 is 0. The first-order valence-electron chi connectivity index (χ1n) is 15.0. The molecule has 0 bridgehead atoms. The molecule has 0 spiro atoms. The van der Waals surface area contributed by atoms with Crippen molar-refractivity contribution in [3.05, 3.63) is 53.9 Å². The van der Waals surface area contributed by atoms with Gasteiger partial charge in [-0.2, -0.15) is 13.2 Å². The topological polar surface area (TPSA) is 60.0 Å². The number of aromatic nitrogens is 1. The van der Waals surface area contributed by atoms with Gasteiger partial charge in [0.05, 0.1) is 11.6 Å². The van der Waals surface area contributed by atoms with E-state index in [4.69, 9.17) is 0 Å². The number of hydrogen-bond donors (Lipinski definition) is 0. The molecular formula is C32H42F3N5O2. The predicted molar refractivity (Wildman–Crippen MR) is 156 cm³/mol. The van der Waals surface area contributed by atoms with Crippen LogP contribution in [0.3, 0.4) is 0 Å². The van der Waals surface area contributed by atoms with Crippen LogP contribution in [0.1, 0.15) is 68.4 Å². The van der Waals surface area contributed by atoms with Crippen LogP contribution in [0.2, 0.25) is 0 Å². The van der Waals surface area contributed by atoms with Gasteiger partial charge in [-0.1, -0.05) is 32.0 Å². The number of carbonyl (C=O) groups excluding carboxylic acids is 2. The van der Waals surface area contributed by atoms with Gasteiger partial charge in [-0.15, -0.1) is 0 Å². The highest BCUT2D eigenvalue weighted by atomic mass is 19.4. The number of likely N-dealkylation sites (N-methyl/N-ethyl adjacent to an activating group) is 2. The Hall–Kier alpha value is -3.14. The number of alkyl halides is 3. The number of halogens is 3. The molecule has 228 valence electrons. The van der Waals surface area contributed by atoms with Crippen molar-refractivity contribution in [2.75, 3.05) is 40.3 Å². The molecule has 0 N–H and O–H groups in total. The minimum atomic E-state index is -4.39. The summed E-state index contributed by atoms with van der Waals surface area (Å²) in [7, 11) is 3.64. The Labute approximate surface area is 246 Å². The first kappa shape index (κ1) is 30.3. The number of amides is 3. The third kappa shape index (κ3) is 6.58. The summed E-state index contributed by atoms with van der Waals surface area (Å²) in [4.78, 5) is 38.9. The standard InChI is InChI=1S/C32H42F3N5O2/c1-31(2)15-11-25(12-16-31)39-17-13-27(20-39)38(4)30(42)40-18-14-26(21-40)37(3)29(41)28-10-7-23(19-36-28)22-5-8-24(9-6-22)32(33,34)35/h5-10,19,25-27H,11-18,20-21H2,1-4H3/t26-,27+/m0/s1. The molecule has 2 aromatic rings. The summed E-state index contributed by atoms with van der Waals surface area (Å²) < 4.78 is 38.6. The Morgan fingerprint density at radius 2 is 1.48 bits per heavy atom. The molecule has 1 saturated carbocycles. The Morgan fingerprint density at radius 3 is 2.10 bits per heavy atom. The molecule has 10 heteroatoms. The Morgan fingerprint density at radius 1 is 0.857 bits per heavy atom. The van der Waals surface area contributed by atoms with Crippen molar-refractivity contribution in [3.63, 3.8) is 0 Å². The van der Waals surface area contributed by atoms with Gasteiger partial charge in [-0.05, 0) is 67.7 Å². The molecule has 3 aliphatic rings. The van der Waals surface area contributed by atoms with E-state index in [9.17, 15) is 22.8 Å². The molecule has 5 rings (SSSR count). The van der Waals surface area contributed by atoms with E-state index in [0.717, 1.165) is 31.6 Å². The van der Waals surface area contributed by atoms with E-state index in [2.05, 4.69) is 23.7 Å². The van der Waals surface area contributed by atoms with Gasteiger partial charge in [0.15, 0.2) is 0 Å². The quantitative estimate of drug-likeness (QED) is 0.432. The highest BCUT2D eigenvalue weighted by Gasteiger charge is 2.38. The summed E-state index contributed by atoms with van der Waals surface area (Å²) in [6.45, 7) is 7.75. The number of hydrogen-bond acceptors (Lipinski definition) is 4. The van der Waals surface area contributed by atoms with E-state index in [1.807, 2.05) is 16.8 Å². The molecule has 2 aliphatic heterocycles. The van der Waals surface area contributed by atoms with Crippen molar-refractivity contribution in [2.45, 2.75) is 76.7 Å². The second-order valence-corrected chi connectivity index (χ2v) is 13.0. The molecule has 3 fully saturated rings. The van der Waals surface area contributed by atoms with Gasteiger partial charge < -0.3 is 14.7 Å². The lowest BCUT2D eigenvalue weighted by atomic mass is 9.75. The van der Waals surface area contributed by atoms with Crippen LogP contribution in [0, 0.1) is 5.41 Å². The van der Waals surface area contributed by atoms with Crippen molar-refractivity contribution in [1.82, 2.24) is 24.6 Å². The summed E-state index contributed by atoms with van der Waals surface area (Å²) in [6.07, 6.45) is 3.78. The number of likely N-dealkylation sites (tertiary alicyclic amines) is 2. The molecule has 1 aromatic carbocycles. The second-order valence-electron chi connectivity index (χ2n) is 13.0. The van der Waals surface area contributed by atoms with Crippen molar-refractivity contribution in [3.8, 4) is 11.1 Å². The maximum Gasteiger partial charge on any atom is 0.416 e. The van der Waals surface area contributed by atoms with Crippen LogP contribution in [0.4, 0.5) is 18.0 Å². The Bertz CT molecular complexity index is 1250. The van der Waals surface area contributed by atoms with E-state index >= 15 is 0 Å². The smallest absolute Gasteiger partial charge is 0.336 e. The SMILES string of the molecule is CN(C(=O)c1ccc(-c2ccc(C(F)(F)F)cc2)cn1)[C@H]1CCN(C(=O)N(C)[C@@H]2CCN(C3CCC(C)(C)CC3)C2)C1. The highest BCUT2D eigenvalue weighted by Crippen LogP contribution is 2.38. The second kappa shape index (κ2) is 11.9. The van der Waals surface area contributed by atoms with Crippen LogP contribution in [-0.2, 0) is 6.18 Å². The first-order chi connectivity index (χ1) is 19.8. The Balaban J connectivity index is 1.13. The monoisotopic (exact) mass is 585 g/mol. The molecule has 1 aliphatic carbocycles. The van der Waals surface area contributed by atoms with Crippen LogP contribution in [-0.4, -0.2) is 94.9 Å². The number of pyridine rings is 1. The van der Waals surface area contributed by atoms with E-state index in [0.29, 0.717) is 42.1 Å². The molecule has 3 heterocycles. The molecule has 0 unspecified atom stereocenters. The zero-order chi connectivity index (χ0) is 30.2. The van der Waals surface area contributed by atoms with Crippen molar-refractivity contribution >= 4 is 11.9 Å². The average molecular weight is 586 g/mol. The van der Waals surface area contributed by atoms with E-state index in [-0.39, 0.29) is 29.7 Å². The van der Waals surface area contributed by atoms with Gasteiger partial charge in [0, 0.05) is 64.1 Å². The van der Waals surface area contributed by atoms with Crippen molar-refractivity contribution in [1.29, 1.82) is 0 Å². The third-order valence-corrected chi connectivity index (χ3v) is 9.70. The number of rotatable bonds is 5. The fourth-order valence-electron chi connectivity index (χ4n) is 6.67. The molecule has 0 radical (unpaired) electrons. The first-order valence-corrected chi connectivity index (χ1v) is 15.0. The molecule has 2 atom stereocenters. The van der Waals surface area contributed by atoms with Gasteiger partial charge in [0.2, 0.25) is 0 Å². The lowest BCUT2D eigenvalue weighted by molar-refractivity contribution is -0.137. The van der Waals surface area contributed by atoms with Crippen molar-refractivity contribution in [2.24, 2.45) is 5.41 Å². The van der Waals surface area contributed by atoms with Gasteiger partial charge >= 0.3 is 12.2 Å². The molecule has 1 aromatic heterocycles. The van der Waals surface area contributed by atoms with Gasteiger partial charge in [0.25, 0.3) is 5.91 Å². The van der Waals surface area contributed by atoms with Crippen LogP contribution in [0.5, 0.6) is 0 Å². The zero-order valence-electron chi connectivity index (χ0n) is 25.0. The van der Waals surface area contributed by atoms with Gasteiger partial charge in [0.1, 0.15) is 5.69 Å². The number of nitrogens with zero attached hydrogens (tertiary/aromatic N) is 5. The maximum atomic E-state index is 13.4. The van der Waals surface area contributed by atoms with Crippen LogP contribution < -0.4 is 0 Å². The average Bonchev–Trinajstić information content (AvgIpc) is 3.66. The highest BCUT2D eigenvalue weighted by molar-refractivity contribution is 5.92. The van der Waals surface area contributed by atoms with E-state index in [1.165, 1.54) is 44.0 Å². The molecular weight excluding hydrogens is 543 g/mol. The molecule has 2 saturated heterocycles. The van der Waals surface area contributed by atoms with E-state index in [1.54, 1.807) is 24.1 Å². The Kier molecular flexibility index (Phi) is 8.56. The minimum Gasteiger partial charge on any atom is -0.336 e. The molecule has 7 nitrogen and oxygen atoms in total. The fraction of sp³-hybridized carbons (Fsp3) is 0.594. The minimum absolute atomic E-state index is 0.0222. The van der Waals surface area contributed by atoms with Gasteiger partial charge in [-0.3, -0.25) is 14.7 Å². The number of urea groups is 1. The lowest BCUT2D eigenvalue weighted by Crippen LogP contribution is -2.48. The number of benzene rings is 1. The number of carbonyl (C=O) groups is 2.